The van der Waals surface area contributed by atoms with Crippen molar-refractivity contribution in [3.63, 3.8) is 0 Å². The second kappa shape index (κ2) is 20.1. The van der Waals surface area contributed by atoms with Crippen LogP contribution in [0.4, 0.5) is 4.39 Å². The summed E-state index contributed by atoms with van der Waals surface area (Å²) in [7, 11) is 1.05. The van der Waals surface area contributed by atoms with Gasteiger partial charge >= 0.3 is 11.9 Å². The van der Waals surface area contributed by atoms with Crippen molar-refractivity contribution in [1.82, 2.24) is 0 Å². The Morgan fingerprint density at radius 2 is 1.15 bits per heavy atom. The van der Waals surface area contributed by atoms with Crippen molar-refractivity contribution in [3.8, 4) is 0 Å². The molecule has 0 amide bonds. The fourth-order valence-electron chi connectivity index (χ4n) is 19.4. The second-order valence-electron chi connectivity index (χ2n) is 26.3. The molecule has 8 unspecified atom stereocenters. The standard InChI is InChI=1S/C30H51FO4Si.C27H44O4/c1-9-19-26-27(31)23(32)15-17-30(26,4)22-14-16-29(3)20(18(2)10-13-24(33)34-5)11-12-21(29)25(22)28(19)35-36(6,7)8;1-6-18-22-15-17(28)11-13-27(22,4)21-12-14-26(3)19(16(2)7-10-23(29)31-5)8-9-20(26)24(21)25(18)30/h18-22,25-28H,9-17H2,1-8H3;16,18-22,24-25,30H,6-15H2,1-5H3/t18-,19-,20?,21?,22?,25?,26-,27+,28-,29-,30-;16-,18-,19?,20?,21?,22+,24?,25-,26-,27-/m11/s1. The van der Waals surface area contributed by atoms with Crippen molar-refractivity contribution in [2.75, 3.05) is 14.2 Å². The number of carbonyl (C=O) groups excluding carboxylic acids is 4. The maximum atomic E-state index is 15.8. The lowest BCUT2D eigenvalue weighted by atomic mass is 9.41. The van der Waals surface area contributed by atoms with E-state index in [-0.39, 0.29) is 69.3 Å². The first kappa shape index (κ1) is 53.2. The van der Waals surface area contributed by atoms with E-state index in [1.807, 2.05) is 0 Å². The lowest BCUT2D eigenvalue weighted by molar-refractivity contribution is -0.203. The van der Waals surface area contributed by atoms with Gasteiger partial charge in [-0.25, -0.2) is 4.39 Å². The van der Waals surface area contributed by atoms with Crippen LogP contribution in [-0.4, -0.2) is 69.5 Å². The summed E-state index contributed by atoms with van der Waals surface area (Å²) in [5.41, 5.74) is 0.546. The summed E-state index contributed by atoms with van der Waals surface area (Å²) in [5, 5.41) is 11.7. The van der Waals surface area contributed by atoms with E-state index in [0.29, 0.717) is 96.6 Å². The highest BCUT2D eigenvalue weighted by atomic mass is 28.4. The number of halogens is 1. The number of Topliss-reactive ketones (excluding diaryl/α,β-unsaturated/α-hetero) is 2. The molecule has 0 radical (unpaired) electrons. The normalized spacial score (nSPS) is 46.5. The van der Waals surface area contributed by atoms with E-state index in [2.05, 4.69) is 75.0 Å². The molecule has 67 heavy (non-hydrogen) atoms. The van der Waals surface area contributed by atoms with Crippen LogP contribution in [-0.2, 0) is 33.1 Å². The van der Waals surface area contributed by atoms with E-state index in [9.17, 15) is 24.3 Å². The molecule has 0 aromatic carbocycles. The number of methoxy groups -OCH3 is 2. The number of hydrogen-bond donors (Lipinski definition) is 1. The van der Waals surface area contributed by atoms with Crippen molar-refractivity contribution in [2.24, 2.45) is 105 Å². The Bertz CT molecular complexity index is 1800. The third-order valence-corrected chi connectivity index (χ3v) is 23.5. The Balaban J connectivity index is 0.000000201. The molecule has 21 atom stereocenters. The first-order valence-corrected chi connectivity index (χ1v) is 31.0. The molecule has 0 bridgehead atoms. The molecule has 0 aliphatic heterocycles. The van der Waals surface area contributed by atoms with Gasteiger partial charge in [0, 0.05) is 38.0 Å². The van der Waals surface area contributed by atoms with Crippen LogP contribution in [0.2, 0.25) is 19.6 Å². The highest BCUT2D eigenvalue weighted by Crippen LogP contribution is 2.72. The molecule has 8 rings (SSSR count). The summed E-state index contributed by atoms with van der Waals surface area (Å²) in [6.07, 6.45) is 16.2. The third kappa shape index (κ3) is 9.37. The maximum Gasteiger partial charge on any atom is 0.305 e. The van der Waals surface area contributed by atoms with Crippen molar-refractivity contribution >= 4 is 31.8 Å². The number of carbonyl (C=O) groups is 4. The number of esters is 2. The van der Waals surface area contributed by atoms with Crippen LogP contribution in [0.5, 0.6) is 0 Å². The molecule has 1 N–H and O–H groups in total. The number of hydrogen-bond acceptors (Lipinski definition) is 8. The Morgan fingerprint density at radius 3 is 1.64 bits per heavy atom. The second-order valence-corrected chi connectivity index (χ2v) is 30.8. The van der Waals surface area contributed by atoms with Gasteiger partial charge in [-0.1, -0.05) is 68.2 Å². The number of aliphatic hydroxyl groups excluding tert-OH is 1. The molecule has 8 fully saturated rings. The lowest BCUT2D eigenvalue weighted by Crippen LogP contribution is -2.66. The largest absolute Gasteiger partial charge is 0.469 e. The Kier molecular flexibility index (Phi) is 15.9. The number of alkyl halides is 1. The molecular formula is C57H95FO8Si. The highest BCUT2D eigenvalue weighted by molar-refractivity contribution is 6.69. The summed E-state index contributed by atoms with van der Waals surface area (Å²) >= 11 is 0. The quantitative estimate of drug-likeness (QED) is 0.152. The van der Waals surface area contributed by atoms with Crippen molar-refractivity contribution in [2.45, 2.75) is 215 Å². The Hall–Kier alpha value is -1.65. The topological polar surface area (TPSA) is 116 Å². The first-order chi connectivity index (χ1) is 31.4. The number of ether oxygens (including phenoxy) is 2. The number of fused-ring (bicyclic) bond motifs is 10. The van der Waals surface area contributed by atoms with E-state index in [1.54, 1.807) is 0 Å². The predicted octanol–water partition coefficient (Wildman–Crippen LogP) is 12.6. The summed E-state index contributed by atoms with van der Waals surface area (Å²) in [4.78, 5) is 48.6. The molecule has 0 heterocycles. The van der Waals surface area contributed by atoms with Gasteiger partial charge in [-0.05, 0) is 195 Å². The third-order valence-electron chi connectivity index (χ3n) is 22.5. The molecule has 8 nitrogen and oxygen atoms in total. The zero-order valence-corrected chi connectivity index (χ0v) is 45.4. The van der Waals surface area contributed by atoms with Crippen LogP contribution in [0.25, 0.3) is 0 Å². The van der Waals surface area contributed by atoms with Crippen molar-refractivity contribution < 1.29 is 42.6 Å². The van der Waals surface area contributed by atoms with Gasteiger partial charge in [0.05, 0.1) is 26.4 Å². The predicted molar refractivity (Wildman–Crippen MR) is 265 cm³/mol. The summed E-state index contributed by atoms with van der Waals surface area (Å²) in [6, 6.07) is 0. The summed E-state index contributed by atoms with van der Waals surface area (Å²) in [5.74, 6) is 5.59. The highest BCUT2D eigenvalue weighted by Gasteiger charge is 2.68. The zero-order chi connectivity index (χ0) is 49.2. The fourth-order valence-corrected chi connectivity index (χ4v) is 20.5. The minimum absolute atomic E-state index is 0.0441. The monoisotopic (exact) mass is 955 g/mol. The van der Waals surface area contributed by atoms with Gasteiger partial charge in [0.2, 0.25) is 0 Å². The molecule has 8 aliphatic rings. The van der Waals surface area contributed by atoms with Gasteiger partial charge in [-0.2, -0.15) is 0 Å². The van der Waals surface area contributed by atoms with Gasteiger partial charge in [-0.3, -0.25) is 19.2 Å². The van der Waals surface area contributed by atoms with Crippen molar-refractivity contribution in [3.05, 3.63) is 0 Å². The Morgan fingerprint density at radius 1 is 0.672 bits per heavy atom. The minimum Gasteiger partial charge on any atom is -0.469 e. The molecule has 0 spiro atoms. The lowest BCUT2D eigenvalue weighted by Gasteiger charge is -2.65. The molecule has 0 aromatic heterocycles. The molecule has 10 heteroatoms. The van der Waals surface area contributed by atoms with E-state index < -0.39 is 14.5 Å². The average molecular weight is 955 g/mol. The minimum atomic E-state index is -1.89. The molecular weight excluding hydrogens is 860 g/mol. The Labute approximate surface area is 407 Å². The van der Waals surface area contributed by atoms with E-state index in [1.165, 1.54) is 52.7 Å². The molecule has 8 saturated carbocycles. The van der Waals surface area contributed by atoms with Crippen LogP contribution in [0.3, 0.4) is 0 Å². The SMILES string of the molecule is CC[C@@H]1[C@@H]2[C@@H](F)C(=O)CC[C@]2(C)C2CC[C@@]3(C)C(CCC3[C@H](C)CCC(=O)OC)C2[C@@H]1O[Si](C)(C)C.CC[C@H]1[C@@H](O)C2C3CCC([C@H](C)CCC(=O)OC)[C@@]3(C)CCC2[C@@]2(C)CCC(=O)C[C@@H]12. The number of ketones is 2. The van der Waals surface area contributed by atoms with Gasteiger partial charge in [0.1, 0.15) is 5.78 Å². The van der Waals surface area contributed by atoms with Crippen LogP contribution in [0.1, 0.15) is 177 Å². The van der Waals surface area contributed by atoms with Gasteiger partial charge in [0.15, 0.2) is 20.3 Å². The van der Waals surface area contributed by atoms with Crippen LogP contribution >= 0.6 is 0 Å². The van der Waals surface area contributed by atoms with Crippen LogP contribution < -0.4 is 0 Å². The average Bonchev–Trinajstić information content (AvgIpc) is 3.83. The molecule has 0 saturated heterocycles. The molecule has 382 valence electrons. The smallest absolute Gasteiger partial charge is 0.305 e. The van der Waals surface area contributed by atoms with E-state index >= 15 is 4.39 Å². The van der Waals surface area contributed by atoms with Crippen LogP contribution in [0, 0.1) is 105 Å². The summed E-state index contributed by atoms with van der Waals surface area (Å²) in [6.45, 7) is 25.6. The van der Waals surface area contributed by atoms with E-state index in [0.717, 1.165) is 57.8 Å². The van der Waals surface area contributed by atoms with Crippen LogP contribution in [0.15, 0.2) is 0 Å². The zero-order valence-electron chi connectivity index (χ0n) is 44.4. The fraction of sp³-hybridized carbons (Fsp3) is 0.930. The molecule has 0 aromatic rings. The number of rotatable bonds is 12. The van der Waals surface area contributed by atoms with Gasteiger partial charge < -0.3 is 19.0 Å². The summed E-state index contributed by atoms with van der Waals surface area (Å²) < 4.78 is 32.7. The first-order valence-electron chi connectivity index (χ1n) is 27.6. The van der Waals surface area contributed by atoms with Gasteiger partial charge in [-0.15, -0.1) is 0 Å². The van der Waals surface area contributed by atoms with E-state index in [4.69, 9.17) is 13.9 Å². The molecule has 8 aliphatic carbocycles. The van der Waals surface area contributed by atoms with Crippen molar-refractivity contribution in [1.29, 1.82) is 0 Å². The number of aliphatic hydroxyl groups is 1. The van der Waals surface area contributed by atoms with Gasteiger partial charge in [0.25, 0.3) is 0 Å². The maximum absolute atomic E-state index is 15.8.